The summed E-state index contributed by atoms with van der Waals surface area (Å²) in [7, 11) is 0. The van der Waals surface area contributed by atoms with Crippen molar-refractivity contribution in [3.8, 4) is 5.75 Å². The monoisotopic (exact) mass is 297 g/mol. The van der Waals surface area contributed by atoms with Crippen molar-refractivity contribution < 1.29 is 9.53 Å². The Bertz CT molecular complexity index is 600. The van der Waals surface area contributed by atoms with E-state index in [9.17, 15) is 4.79 Å². The Kier molecular flexibility index (Phi) is 4.24. The summed E-state index contributed by atoms with van der Waals surface area (Å²) < 4.78 is 5.42. The van der Waals surface area contributed by atoms with Crippen molar-refractivity contribution in [3.05, 3.63) is 34.3 Å². The maximum Gasteiger partial charge on any atom is 0.275 e. The van der Waals surface area contributed by atoms with Crippen molar-refractivity contribution in [1.29, 1.82) is 0 Å². The zero-order chi connectivity index (χ0) is 13.8. The standard InChI is InChI=1S/C12H12ClN3O2S/c1-2-18-10-4-3-7(13)5-8(10)15-11(17)9-6-19-12(14)16-9/h3-6H,2H2,1H3,(H2,14,16)(H,15,17). The van der Waals surface area contributed by atoms with Crippen LogP contribution < -0.4 is 15.8 Å². The number of aromatic nitrogens is 1. The van der Waals surface area contributed by atoms with Gasteiger partial charge in [-0.1, -0.05) is 11.6 Å². The number of nitrogens with two attached hydrogens (primary N) is 1. The summed E-state index contributed by atoms with van der Waals surface area (Å²) in [4.78, 5) is 15.9. The van der Waals surface area contributed by atoms with E-state index in [-0.39, 0.29) is 11.6 Å². The molecule has 1 aromatic carbocycles. The summed E-state index contributed by atoms with van der Waals surface area (Å²) in [6, 6.07) is 5.03. The lowest BCUT2D eigenvalue weighted by atomic mass is 10.3. The van der Waals surface area contributed by atoms with Crippen LogP contribution in [0.25, 0.3) is 0 Å². The van der Waals surface area contributed by atoms with Crippen LogP contribution in [0.1, 0.15) is 17.4 Å². The topological polar surface area (TPSA) is 77.2 Å². The van der Waals surface area contributed by atoms with Crippen LogP contribution in [-0.2, 0) is 0 Å². The summed E-state index contributed by atoms with van der Waals surface area (Å²) in [5.41, 5.74) is 6.27. The Labute approximate surface area is 119 Å². The Morgan fingerprint density at radius 3 is 3.00 bits per heavy atom. The molecule has 0 bridgehead atoms. The number of thiazole rings is 1. The molecular formula is C12H12ClN3O2S. The van der Waals surface area contributed by atoms with Crippen molar-refractivity contribution in [2.45, 2.75) is 6.92 Å². The average molecular weight is 298 g/mol. The largest absolute Gasteiger partial charge is 0.492 e. The molecule has 0 spiro atoms. The smallest absolute Gasteiger partial charge is 0.275 e. The van der Waals surface area contributed by atoms with E-state index < -0.39 is 0 Å². The fraction of sp³-hybridized carbons (Fsp3) is 0.167. The van der Waals surface area contributed by atoms with E-state index in [1.807, 2.05) is 6.92 Å². The molecule has 3 N–H and O–H groups in total. The molecule has 2 aromatic rings. The number of hydrogen-bond donors (Lipinski definition) is 2. The van der Waals surface area contributed by atoms with E-state index in [0.29, 0.717) is 28.2 Å². The third-order valence-electron chi connectivity index (χ3n) is 2.24. The highest BCUT2D eigenvalue weighted by molar-refractivity contribution is 7.13. The number of nitrogen functional groups attached to an aromatic ring is 1. The minimum absolute atomic E-state index is 0.268. The first-order chi connectivity index (χ1) is 9.10. The zero-order valence-electron chi connectivity index (χ0n) is 10.1. The normalized spacial score (nSPS) is 10.2. The molecule has 0 radical (unpaired) electrons. The summed E-state index contributed by atoms with van der Waals surface area (Å²) >= 11 is 7.12. The first-order valence-corrected chi connectivity index (χ1v) is 6.80. The average Bonchev–Trinajstić information content (AvgIpc) is 2.80. The molecule has 7 heteroatoms. The van der Waals surface area contributed by atoms with Crippen LogP contribution in [0.3, 0.4) is 0 Å². The van der Waals surface area contributed by atoms with Crippen LogP contribution in [-0.4, -0.2) is 17.5 Å². The van der Waals surface area contributed by atoms with Crippen molar-refractivity contribution >= 4 is 39.7 Å². The predicted octanol–water partition coefficient (Wildman–Crippen LogP) is 3.03. The van der Waals surface area contributed by atoms with E-state index >= 15 is 0 Å². The number of carbonyl (C=O) groups is 1. The molecule has 0 atom stereocenters. The molecule has 1 heterocycles. The maximum atomic E-state index is 12.0. The minimum Gasteiger partial charge on any atom is -0.492 e. The van der Waals surface area contributed by atoms with Gasteiger partial charge >= 0.3 is 0 Å². The molecule has 0 saturated heterocycles. The fourth-order valence-corrected chi connectivity index (χ4v) is 2.17. The van der Waals surface area contributed by atoms with Gasteiger partial charge in [0.05, 0.1) is 12.3 Å². The molecule has 2 rings (SSSR count). The number of ether oxygens (including phenoxy) is 1. The molecular weight excluding hydrogens is 286 g/mol. The first-order valence-electron chi connectivity index (χ1n) is 5.55. The molecule has 0 fully saturated rings. The number of carbonyl (C=O) groups excluding carboxylic acids is 1. The number of rotatable bonds is 4. The number of nitrogens with one attached hydrogen (secondary N) is 1. The number of hydrogen-bond acceptors (Lipinski definition) is 5. The van der Waals surface area contributed by atoms with Gasteiger partial charge in [-0.05, 0) is 25.1 Å². The van der Waals surface area contributed by atoms with E-state index in [4.69, 9.17) is 22.1 Å². The number of halogens is 1. The third-order valence-corrected chi connectivity index (χ3v) is 3.15. The quantitative estimate of drug-likeness (QED) is 0.909. The van der Waals surface area contributed by atoms with Gasteiger partial charge in [0.25, 0.3) is 5.91 Å². The Hall–Kier alpha value is -1.79. The number of nitrogens with zero attached hydrogens (tertiary/aromatic N) is 1. The van der Waals surface area contributed by atoms with Crippen LogP contribution >= 0.6 is 22.9 Å². The summed E-state index contributed by atoms with van der Waals surface area (Å²) in [6.07, 6.45) is 0. The third kappa shape index (κ3) is 3.36. The highest BCUT2D eigenvalue weighted by atomic mass is 35.5. The molecule has 0 aliphatic carbocycles. The van der Waals surface area contributed by atoms with Crippen LogP contribution in [0.2, 0.25) is 5.02 Å². The molecule has 100 valence electrons. The van der Waals surface area contributed by atoms with Crippen LogP contribution in [0, 0.1) is 0 Å². The van der Waals surface area contributed by atoms with E-state index in [1.165, 1.54) is 11.3 Å². The predicted molar refractivity (Wildman–Crippen MR) is 77.1 cm³/mol. The van der Waals surface area contributed by atoms with E-state index in [1.54, 1.807) is 23.6 Å². The molecule has 0 aliphatic rings. The molecule has 19 heavy (non-hydrogen) atoms. The van der Waals surface area contributed by atoms with Gasteiger partial charge in [0.1, 0.15) is 11.4 Å². The molecule has 0 unspecified atom stereocenters. The highest BCUT2D eigenvalue weighted by Crippen LogP contribution is 2.28. The number of anilines is 2. The zero-order valence-corrected chi connectivity index (χ0v) is 11.7. The Morgan fingerprint density at radius 2 is 2.37 bits per heavy atom. The molecule has 0 aliphatic heterocycles. The van der Waals surface area contributed by atoms with Gasteiger partial charge in [-0.25, -0.2) is 4.98 Å². The second-order valence-corrected chi connectivity index (χ2v) is 4.92. The first kappa shape index (κ1) is 13.6. The van der Waals surface area contributed by atoms with Gasteiger partial charge in [0, 0.05) is 10.4 Å². The van der Waals surface area contributed by atoms with E-state index in [2.05, 4.69) is 10.3 Å². The Balaban J connectivity index is 2.22. The van der Waals surface area contributed by atoms with Crippen LogP contribution in [0.15, 0.2) is 23.6 Å². The lowest BCUT2D eigenvalue weighted by molar-refractivity contribution is 0.102. The van der Waals surface area contributed by atoms with Gasteiger partial charge in [-0.2, -0.15) is 0 Å². The van der Waals surface area contributed by atoms with Crippen molar-refractivity contribution in [2.75, 3.05) is 17.7 Å². The van der Waals surface area contributed by atoms with E-state index in [0.717, 1.165) is 0 Å². The van der Waals surface area contributed by atoms with Crippen molar-refractivity contribution in [2.24, 2.45) is 0 Å². The van der Waals surface area contributed by atoms with Crippen molar-refractivity contribution in [1.82, 2.24) is 4.98 Å². The van der Waals surface area contributed by atoms with Gasteiger partial charge in [-0.3, -0.25) is 4.79 Å². The fourth-order valence-electron chi connectivity index (χ4n) is 1.46. The van der Waals surface area contributed by atoms with Crippen LogP contribution in [0.4, 0.5) is 10.8 Å². The number of benzene rings is 1. The summed E-state index contributed by atoms with van der Waals surface area (Å²) in [5.74, 6) is 0.208. The summed E-state index contributed by atoms with van der Waals surface area (Å²) in [6.45, 7) is 2.36. The molecule has 5 nitrogen and oxygen atoms in total. The second kappa shape index (κ2) is 5.90. The maximum absolute atomic E-state index is 12.0. The minimum atomic E-state index is -0.351. The second-order valence-electron chi connectivity index (χ2n) is 3.60. The molecule has 1 aromatic heterocycles. The van der Waals surface area contributed by atoms with Gasteiger partial charge in [0.2, 0.25) is 0 Å². The summed E-state index contributed by atoms with van der Waals surface area (Å²) in [5, 5.41) is 5.16. The molecule has 1 amide bonds. The van der Waals surface area contributed by atoms with Gasteiger partial charge < -0.3 is 15.8 Å². The Morgan fingerprint density at radius 1 is 1.58 bits per heavy atom. The number of amides is 1. The van der Waals surface area contributed by atoms with Gasteiger partial charge in [-0.15, -0.1) is 11.3 Å². The van der Waals surface area contributed by atoms with Crippen molar-refractivity contribution in [3.63, 3.8) is 0 Å². The van der Waals surface area contributed by atoms with Crippen LogP contribution in [0.5, 0.6) is 5.75 Å². The molecule has 0 saturated carbocycles. The lowest BCUT2D eigenvalue weighted by Crippen LogP contribution is -2.13. The SMILES string of the molecule is CCOc1ccc(Cl)cc1NC(=O)c1csc(N)n1. The van der Waals surface area contributed by atoms with Gasteiger partial charge in [0.15, 0.2) is 5.13 Å². The lowest BCUT2D eigenvalue weighted by Gasteiger charge is -2.11. The highest BCUT2D eigenvalue weighted by Gasteiger charge is 2.13.